The highest BCUT2D eigenvalue weighted by molar-refractivity contribution is 5.73. The first-order valence-electron chi connectivity index (χ1n) is 16.6. The Morgan fingerprint density at radius 2 is 0.939 bits per heavy atom. The zero-order chi connectivity index (χ0) is 36.0. The Balaban J connectivity index is 1.43. The summed E-state index contributed by atoms with van der Waals surface area (Å²) in [5.74, 6) is -0.697. The lowest BCUT2D eigenvalue weighted by Gasteiger charge is -2.27. The number of ether oxygens (including phenoxy) is 8. The summed E-state index contributed by atoms with van der Waals surface area (Å²) in [6.07, 6.45) is -9.12. The Bertz CT molecular complexity index is 826. The van der Waals surface area contributed by atoms with Gasteiger partial charge >= 0.3 is 0 Å². The Morgan fingerprint density at radius 3 is 1.29 bits per heavy atom. The van der Waals surface area contributed by atoms with Crippen LogP contribution in [-0.2, 0) is 47.5 Å². The van der Waals surface area contributed by atoms with Gasteiger partial charge in [0.05, 0.1) is 104 Å². The van der Waals surface area contributed by atoms with Crippen molar-refractivity contribution in [2.75, 3.05) is 92.4 Å². The van der Waals surface area contributed by atoms with Gasteiger partial charge < -0.3 is 84.5 Å². The molecule has 0 aromatic heterocycles. The summed E-state index contributed by atoms with van der Waals surface area (Å²) in [5.41, 5.74) is 0. The normalized spacial score (nSPS) is 30.8. The number of amides is 2. The monoisotopic (exact) mass is 715 g/mol. The summed E-state index contributed by atoms with van der Waals surface area (Å²) >= 11 is 0. The van der Waals surface area contributed by atoms with Gasteiger partial charge in [0.15, 0.2) is 12.6 Å². The van der Waals surface area contributed by atoms with Gasteiger partial charge in [0.1, 0.15) is 24.4 Å². The van der Waals surface area contributed by atoms with E-state index in [1.165, 1.54) is 13.8 Å². The van der Waals surface area contributed by atoms with Gasteiger partial charge in [-0.1, -0.05) is 0 Å². The fourth-order valence-corrected chi connectivity index (χ4v) is 5.11. The van der Waals surface area contributed by atoms with Crippen molar-refractivity contribution in [1.29, 1.82) is 0 Å². The molecule has 0 radical (unpaired) electrons. The van der Waals surface area contributed by atoms with Crippen LogP contribution < -0.4 is 16.0 Å². The molecule has 0 bridgehead atoms. The molecule has 0 saturated carbocycles. The second-order valence-electron chi connectivity index (χ2n) is 11.6. The van der Waals surface area contributed by atoms with Gasteiger partial charge in [0.25, 0.3) is 0 Å². The molecule has 2 amide bonds. The van der Waals surface area contributed by atoms with E-state index in [1.807, 2.05) is 0 Å². The highest BCUT2D eigenvalue weighted by atomic mass is 16.7. The fraction of sp³-hybridized carbons (Fsp3) is 0.933. The summed E-state index contributed by atoms with van der Waals surface area (Å²) < 4.78 is 44.6. The number of aliphatic hydroxyl groups excluding tert-OH is 6. The van der Waals surface area contributed by atoms with Gasteiger partial charge in [-0.15, -0.1) is 0 Å². The van der Waals surface area contributed by atoms with E-state index < -0.39 is 74.5 Å². The van der Waals surface area contributed by atoms with Crippen molar-refractivity contribution in [3.63, 3.8) is 0 Å². The Kier molecular flexibility index (Phi) is 22.5. The average Bonchev–Trinajstić information content (AvgIpc) is 3.24. The van der Waals surface area contributed by atoms with Crippen LogP contribution in [0.15, 0.2) is 0 Å². The quantitative estimate of drug-likeness (QED) is 0.0425. The number of hydrogen-bond acceptors (Lipinski definition) is 17. The number of rotatable bonds is 24. The van der Waals surface area contributed by atoms with Crippen molar-refractivity contribution in [2.24, 2.45) is 0 Å². The van der Waals surface area contributed by atoms with Crippen molar-refractivity contribution in [1.82, 2.24) is 16.0 Å². The van der Waals surface area contributed by atoms with Gasteiger partial charge in [0, 0.05) is 39.8 Å². The maximum Gasteiger partial charge on any atom is 0.217 e. The first-order chi connectivity index (χ1) is 23.6. The van der Waals surface area contributed by atoms with Crippen LogP contribution >= 0.6 is 0 Å². The lowest BCUT2D eigenvalue weighted by molar-refractivity contribution is -0.208. The highest BCUT2D eigenvalue weighted by Crippen LogP contribution is 2.22. The van der Waals surface area contributed by atoms with Gasteiger partial charge in [-0.05, 0) is 0 Å². The van der Waals surface area contributed by atoms with E-state index in [4.69, 9.17) is 37.9 Å². The Morgan fingerprint density at radius 1 is 0.592 bits per heavy atom. The van der Waals surface area contributed by atoms with Crippen LogP contribution in [0.4, 0.5) is 0 Å². The number of carbonyl (C=O) groups excluding carboxylic acids is 2. The predicted molar refractivity (Wildman–Crippen MR) is 168 cm³/mol. The Labute approximate surface area is 286 Å². The molecule has 10 atom stereocenters. The van der Waals surface area contributed by atoms with Crippen molar-refractivity contribution < 1.29 is 78.1 Å². The zero-order valence-corrected chi connectivity index (χ0v) is 28.4. The molecule has 6 unspecified atom stereocenters. The molecule has 2 aliphatic rings. The van der Waals surface area contributed by atoms with Crippen LogP contribution in [0.3, 0.4) is 0 Å². The molecule has 0 aromatic rings. The summed E-state index contributed by atoms with van der Waals surface area (Å²) in [6, 6.07) is -1.43. The lowest BCUT2D eigenvalue weighted by Crippen LogP contribution is -2.46. The van der Waals surface area contributed by atoms with Crippen LogP contribution in [0.25, 0.3) is 0 Å². The number of carbonyl (C=O) groups is 2. The fourth-order valence-electron chi connectivity index (χ4n) is 5.11. The summed E-state index contributed by atoms with van der Waals surface area (Å²) in [5, 5.41) is 67.9. The van der Waals surface area contributed by atoms with Crippen LogP contribution in [0, 0.1) is 0 Å². The van der Waals surface area contributed by atoms with Crippen LogP contribution in [0.5, 0.6) is 0 Å². The minimum absolute atomic E-state index is 0.00191. The van der Waals surface area contributed by atoms with E-state index >= 15 is 0 Å². The van der Waals surface area contributed by atoms with Crippen molar-refractivity contribution >= 4 is 11.8 Å². The molecular weight excluding hydrogens is 658 g/mol. The third kappa shape index (κ3) is 17.4. The zero-order valence-electron chi connectivity index (χ0n) is 28.4. The predicted octanol–water partition coefficient (Wildman–Crippen LogP) is -4.66. The number of nitrogens with one attached hydrogen (secondary N) is 3. The van der Waals surface area contributed by atoms with E-state index in [0.29, 0.717) is 52.7 Å². The van der Waals surface area contributed by atoms with Gasteiger partial charge in [-0.25, -0.2) is 0 Å². The SMILES string of the molecule is CC(=O)NC1CC(O)[C@@H](O)C(CO)O[C@H]1OCCOCCOCCNCCOCCOCCO[C@@H]1OC(CO)[C@H](O)C(O)CC1NC(C)=O. The second-order valence-corrected chi connectivity index (χ2v) is 11.6. The second kappa shape index (κ2) is 25.3. The van der Waals surface area contributed by atoms with E-state index in [9.17, 15) is 40.2 Å². The minimum Gasteiger partial charge on any atom is -0.394 e. The number of aliphatic hydroxyl groups is 6. The molecule has 2 saturated heterocycles. The third-order valence-corrected chi connectivity index (χ3v) is 7.56. The van der Waals surface area contributed by atoms with E-state index in [2.05, 4.69) is 16.0 Å². The lowest BCUT2D eigenvalue weighted by atomic mass is 10.0. The summed E-state index contributed by atoms with van der Waals surface area (Å²) in [6.45, 7) is 5.80. The topological polar surface area (TPSA) is 265 Å². The molecule has 0 aromatic carbocycles. The van der Waals surface area contributed by atoms with Crippen molar-refractivity contribution in [3.8, 4) is 0 Å². The summed E-state index contributed by atoms with van der Waals surface area (Å²) in [4.78, 5) is 23.1. The van der Waals surface area contributed by atoms with Crippen LogP contribution in [-0.4, -0.2) is 196 Å². The standard InChI is InChI=1S/C30H57N3O16/c1-19(36)32-21-15-23(38)27(40)25(17-34)48-29(21)46-13-11-44-9-7-42-5-3-31-4-6-43-8-10-45-12-14-47-30-22(33-20(2)37)16-24(39)28(41)26(18-35)49-30/h21-31,34-35,38-41H,3-18H2,1-2H3,(H,32,36)(H,33,37)/t21?,22?,23?,24?,25?,26?,27-,28-,29-,30-/m1/s1. The smallest absolute Gasteiger partial charge is 0.217 e. The van der Waals surface area contributed by atoms with Crippen molar-refractivity contribution in [3.05, 3.63) is 0 Å². The first-order valence-corrected chi connectivity index (χ1v) is 16.6. The maximum absolute atomic E-state index is 11.6. The third-order valence-electron chi connectivity index (χ3n) is 7.56. The van der Waals surface area contributed by atoms with Gasteiger partial charge in [-0.3, -0.25) is 9.59 Å². The van der Waals surface area contributed by atoms with Gasteiger partial charge in [0.2, 0.25) is 11.8 Å². The van der Waals surface area contributed by atoms with E-state index in [0.717, 1.165) is 0 Å². The highest BCUT2D eigenvalue weighted by Gasteiger charge is 2.40. The molecule has 0 aliphatic carbocycles. The molecule has 19 nitrogen and oxygen atoms in total. The molecular formula is C30H57N3O16. The largest absolute Gasteiger partial charge is 0.394 e. The maximum atomic E-state index is 11.6. The van der Waals surface area contributed by atoms with E-state index in [-0.39, 0.29) is 51.1 Å². The molecule has 9 N–H and O–H groups in total. The molecule has 49 heavy (non-hydrogen) atoms. The van der Waals surface area contributed by atoms with Crippen LogP contribution in [0.2, 0.25) is 0 Å². The molecule has 19 heteroatoms. The molecule has 2 rings (SSSR count). The molecule has 2 aliphatic heterocycles. The van der Waals surface area contributed by atoms with Crippen molar-refractivity contribution in [2.45, 2.75) is 88.0 Å². The molecule has 0 spiro atoms. The average molecular weight is 716 g/mol. The Hall–Kier alpha value is -1.66. The summed E-state index contributed by atoms with van der Waals surface area (Å²) in [7, 11) is 0. The van der Waals surface area contributed by atoms with Gasteiger partial charge in [-0.2, -0.15) is 0 Å². The van der Waals surface area contributed by atoms with Crippen LogP contribution in [0.1, 0.15) is 26.7 Å². The molecule has 2 fully saturated rings. The number of hydrogen-bond donors (Lipinski definition) is 9. The molecule has 2 heterocycles. The minimum atomic E-state index is -1.32. The molecule has 288 valence electrons. The van der Waals surface area contributed by atoms with E-state index in [1.54, 1.807) is 0 Å². The first kappa shape index (κ1) is 43.5.